The number of fused-ring (bicyclic) bond motifs is 1. The first kappa shape index (κ1) is 15.1. The molecule has 0 aliphatic carbocycles. The van der Waals surface area contributed by atoms with Gasteiger partial charge in [-0.05, 0) is 45.3 Å². The van der Waals surface area contributed by atoms with Crippen LogP contribution in [0.15, 0.2) is 24.3 Å². The van der Waals surface area contributed by atoms with Gasteiger partial charge in [0.2, 0.25) is 5.91 Å². The molecular formula is C15H19N3O3. The summed E-state index contributed by atoms with van der Waals surface area (Å²) in [4.78, 5) is 28.2. The molecule has 112 valence electrons. The van der Waals surface area contributed by atoms with E-state index in [1.165, 1.54) is 0 Å². The van der Waals surface area contributed by atoms with Gasteiger partial charge in [-0.2, -0.15) is 0 Å². The van der Waals surface area contributed by atoms with Crippen LogP contribution in [0.1, 0.15) is 17.4 Å². The number of ether oxygens (including phenoxy) is 1. The number of carbonyl (C=O) groups is 2. The SMILES string of the molecule is CCOC(=O)c1cc2cc(NC(=O)CN(C)C)ccc2[nH]1. The summed E-state index contributed by atoms with van der Waals surface area (Å²) in [6.07, 6.45) is 0. The predicted molar refractivity (Wildman–Crippen MR) is 81.4 cm³/mol. The highest BCUT2D eigenvalue weighted by Crippen LogP contribution is 2.20. The van der Waals surface area contributed by atoms with Crippen LogP contribution in [0.3, 0.4) is 0 Å². The number of hydrogen-bond acceptors (Lipinski definition) is 4. The Morgan fingerprint density at radius 3 is 2.71 bits per heavy atom. The number of aromatic nitrogens is 1. The van der Waals surface area contributed by atoms with Crippen molar-refractivity contribution in [3.05, 3.63) is 30.0 Å². The molecule has 1 amide bonds. The molecule has 2 rings (SSSR count). The van der Waals surface area contributed by atoms with E-state index < -0.39 is 0 Å². The van der Waals surface area contributed by atoms with Gasteiger partial charge >= 0.3 is 5.97 Å². The number of likely N-dealkylation sites (N-methyl/N-ethyl adjacent to an activating group) is 1. The van der Waals surface area contributed by atoms with Gasteiger partial charge in [-0.25, -0.2) is 4.79 Å². The van der Waals surface area contributed by atoms with Gasteiger partial charge in [-0.15, -0.1) is 0 Å². The van der Waals surface area contributed by atoms with Crippen LogP contribution in [0.4, 0.5) is 5.69 Å². The van der Waals surface area contributed by atoms with Crippen LogP contribution in [-0.4, -0.2) is 49.0 Å². The number of esters is 1. The third-order valence-electron chi connectivity index (χ3n) is 2.86. The lowest BCUT2D eigenvalue weighted by Gasteiger charge is -2.10. The average molecular weight is 289 g/mol. The zero-order chi connectivity index (χ0) is 15.4. The highest BCUT2D eigenvalue weighted by molar-refractivity contribution is 5.98. The van der Waals surface area contributed by atoms with Crippen molar-refractivity contribution < 1.29 is 14.3 Å². The Kier molecular flexibility index (Phi) is 4.59. The van der Waals surface area contributed by atoms with Gasteiger partial charge in [-0.1, -0.05) is 0 Å². The first-order valence-electron chi connectivity index (χ1n) is 6.74. The van der Waals surface area contributed by atoms with E-state index in [4.69, 9.17) is 4.74 Å². The lowest BCUT2D eigenvalue weighted by atomic mass is 10.2. The summed E-state index contributed by atoms with van der Waals surface area (Å²) in [6.45, 7) is 2.41. The number of nitrogens with zero attached hydrogens (tertiary/aromatic N) is 1. The summed E-state index contributed by atoms with van der Waals surface area (Å²) in [6, 6.07) is 7.15. The van der Waals surface area contributed by atoms with E-state index in [1.54, 1.807) is 24.0 Å². The van der Waals surface area contributed by atoms with Gasteiger partial charge in [0.1, 0.15) is 5.69 Å². The Balaban J connectivity index is 2.18. The molecule has 0 saturated carbocycles. The second-order valence-electron chi connectivity index (χ2n) is 4.99. The molecule has 6 heteroatoms. The summed E-state index contributed by atoms with van der Waals surface area (Å²) in [7, 11) is 3.67. The molecule has 0 atom stereocenters. The Morgan fingerprint density at radius 2 is 2.05 bits per heavy atom. The van der Waals surface area contributed by atoms with E-state index in [2.05, 4.69) is 10.3 Å². The van der Waals surface area contributed by atoms with Crippen molar-refractivity contribution in [3.8, 4) is 0 Å². The first-order chi connectivity index (χ1) is 9.99. The number of nitrogens with one attached hydrogen (secondary N) is 2. The maximum Gasteiger partial charge on any atom is 0.354 e. The molecule has 6 nitrogen and oxygen atoms in total. The molecule has 0 aliphatic rings. The minimum absolute atomic E-state index is 0.0829. The molecule has 0 spiro atoms. The van der Waals surface area contributed by atoms with Crippen LogP contribution < -0.4 is 5.32 Å². The minimum Gasteiger partial charge on any atom is -0.461 e. The lowest BCUT2D eigenvalue weighted by molar-refractivity contribution is -0.116. The third-order valence-corrected chi connectivity index (χ3v) is 2.86. The normalized spacial score (nSPS) is 10.9. The van der Waals surface area contributed by atoms with E-state index in [0.717, 1.165) is 10.9 Å². The smallest absolute Gasteiger partial charge is 0.354 e. The average Bonchev–Trinajstić information content (AvgIpc) is 2.81. The number of hydrogen-bond donors (Lipinski definition) is 2. The highest BCUT2D eigenvalue weighted by atomic mass is 16.5. The van der Waals surface area contributed by atoms with Crippen LogP contribution in [0, 0.1) is 0 Å². The van der Waals surface area contributed by atoms with Crippen molar-refractivity contribution >= 4 is 28.5 Å². The summed E-state index contributed by atoms with van der Waals surface area (Å²) in [5.41, 5.74) is 1.93. The van der Waals surface area contributed by atoms with Gasteiger partial charge in [0.15, 0.2) is 0 Å². The number of benzene rings is 1. The number of aromatic amines is 1. The van der Waals surface area contributed by atoms with Crippen molar-refractivity contribution in [1.29, 1.82) is 0 Å². The number of amides is 1. The third kappa shape index (κ3) is 3.82. The molecule has 2 aromatic rings. The quantitative estimate of drug-likeness (QED) is 0.824. The molecule has 21 heavy (non-hydrogen) atoms. The van der Waals surface area contributed by atoms with Crippen molar-refractivity contribution in [2.24, 2.45) is 0 Å². The van der Waals surface area contributed by atoms with Crippen molar-refractivity contribution in [1.82, 2.24) is 9.88 Å². The Bertz CT molecular complexity index is 661. The predicted octanol–water partition coefficient (Wildman–Crippen LogP) is 1.84. The summed E-state index contributed by atoms with van der Waals surface area (Å²) < 4.78 is 4.95. The summed E-state index contributed by atoms with van der Waals surface area (Å²) in [5, 5.41) is 3.67. The largest absolute Gasteiger partial charge is 0.461 e. The van der Waals surface area contributed by atoms with E-state index in [9.17, 15) is 9.59 Å². The number of rotatable bonds is 5. The van der Waals surface area contributed by atoms with E-state index >= 15 is 0 Å². The molecule has 2 N–H and O–H groups in total. The zero-order valence-corrected chi connectivity index (χ0v) is 12.4. The fourth-order valence-corrected chi connectivity index (χ4v) is 2.02. The maximum atomic E-state index is 11.7. The lowest BCUT2D eigenvalue weighted by Crippen LogP contribution is -2.27. The standard InChI is InChI=1S/C15H19N3O3/c1-4-21-15(20)13-8-10-7-11(5-6-12(10)17-13)16-14(19)9-18(2)3/h5-8,17H,4,9H2,1-3H3,(H,16,19). The molecule has 0 radical (unpaired) electrons. The summed E-state index contributed by atoms with van der Waals surface area (Å²) in [5.74, 6) is -0.465. The number of anilines is 1. The molecule has 1 aromatic carbocycles. The van der Waals surface area contributed by atoms with Gasteiger partial charge < -0.3 is 19.9 Å². The molecule has 0 bridgehead atoms. The fraction of sp³-hybridized carbons (Fsp3) is 0.333. The van der Waals surface area contributed by atoms with Crippen LogP contribution in [-0.2, 0) is 9.53 Å². The van der Waals surface area contributed by atoms with Gasteiger partial charge in [0, 0.05) is 16.6 Å². The van der Waals surface area contributed by atoms with E-state index in [1.807, 2.05) is 26.2 Å². The molecule has 1 heterocycles. The van der Waals surface area contributed by atoms with Crippen molar-refractivity contribution in [2.75, 3.05) is 32.6 Å². The van der Waals surface area contributed by atoms with E-state index in [-0.39, 0.29) is 11.9 Å². The van der Waals surface area contributed by atoms with Gasteiger partial charge in [0.05, 0.1) is 13.2 Å². The molecule has 0 saturated heterocycles. The van der Waals surface area contributed by atoms with Crippen molar-refractivity contribution in [2.45, 2.75) is 6.92 Å². The summed E-state index contributed by atoms with van der Waals surface area (Å²) >= 11 is 0. The molecule has 1 aromatic heterocycles. The fourth-order valence-electron chi connectivity index (χ4n) is 2.02. The zero-order valence-electron chi connectivity index (χ0n) is 12.4. The second-order valence-corrected chi connectivity index (χ2v) is 4.99. The van der Waals surface area contributed by atoms with Crippen LogP contribution >= 0.6 is 0 Å². The minimum atomic E-state index is -0.383. The molecular weight excluding hydrogens is 270 g/mol. The topological polar surface area (TPSA) is 74.4 Å². The highest BCUT2D eigenvalue weighted by Gasteiger charge is 2.11. The van der Waals surface area contributed by atoms with Crippen LogP contribution in [0.2, 0.25) is 0 Å². The monoisotopic (exact) mass is 289 g/mol. The Morgan fingerprint density at radius 1 is 1.29 bits per heavy atom. The maximum absolute atomic E-state index is 11.7. The molecule has 0 unspecified atom stereocenters. The molecule has 0 fully saturated rings. The number of carbonyl (C=O) groups excluding carboxylic acids is 2. The number of H-pyrrole nitrogens is 1. The van der Waals surface area contributed by atoms with Crippen LogP contribution in [0.5, 0.6) is 0 Å². The van der Waals surface area contributed by atoms with Gasteiger partial charge in [-0.3, -0.25) is 4.79 Å². The molecule has 0 aliphatic heterocycles. The van der Waals surface area contributed by atoms with Crippen LogP contribution in [0.25, 0.3) is 10.9 Å². The second kappa shape index (κ2) is 6.41. The van der Waals surface area contributed by atoms with E-state index in [0.29, 0.717) is 24.5 Å². The Labute approximate surface area is 123 Å². The van der Waals surface area contributed by atoms with Crippen molar-refractivity contribution in [3.63, 3.8) is 0 Å². The van der Waals surface area contributed by atoms with Gasteiger partial charge in [0.25, 0.3) is 0 Å². The first-order valence-corrected chi connectivity index (χ1v) is 6.74. The Hall–Kier alpha value is -2.34.